The van der Waals surface area contributed by atoms with Crippen molar-refractivity contribution in [2.45, 2.75) is 20.3 Å². The van der Waals surface area contributed by atoms with E-state index in [1.807, 2.05) is 0 Å². The lowest BCUT2D eigenvalue weighted by Crippen LogP contribution is -2.34. The molecule has 1 heterocycles. The topological polar surface area (TPSA) is 94.3 Å². The van der Waals surface area contributed by atoms with Gasteiger partial charge in [-0.25, -0.2) is 4.79 Å². The fraction of sp³-hybridized carbons (Fsp3) is 0.556. The first-order valence-electron chi connectivity index (χ1n) is 4.87. The highest BCUT2D eigenvalue weighted by atomic mass is 16.5. The van der Waals surface area contributed by atoms with E-state index in [1.165, 1.54) is 0 Å². The van der Waals surface area contributed by atoms with Crippen molar-refractivity contribution in [3.63, 3.8) is 0 Å². The van der Waals surface area contributed by atoms with Gasteiger partial charge in [0.15, 0.2) is 5.82 Å². The molecule has 1 N–H and O–H groups in total. The van der Waals surface area contributed by atoms with Crippen LogP contribution in [0, 0.1) is 6.92 Å². The maximum atomic E-state index is 11.1. The van der Waals surface area contributed by atoms with Crippen LogP contribution in [0.15, 0.2) is 4.52 Å². The molecule has 16 heavy (non-hydrogen) atoms. The minimum atomic E-state index is -0.883. The van der Waals surface area contributed by atoms with Gasteiger partial charge in [0.2, 0.25) is 5.89 Å². The fourth-order valence-electron chi connectivity index (χ4n) is 1.000. The molecule has 0 aromatic carbocycles. The second kappa shape index (κ2) is 5.84. The number of aryl methyl sites for hydroxylation is 1. The first kappa shape index (κ1) is 12.2. The number of rotatable bonds is 4. The lowest BCUT2D eigenvalue weighted by Gasteiger charge is -2.02. The first-order valence-corrected chi connectivity index (χ1v) is 4.87. The summed E-state index contributed by atoms with van der Waals surface area (Å²) in [7, 11) is 0. The van der Waals surface area contributed by atoms with Gasteiger partial charge in [0, 0.05) is 19.9 Å². The monoisotopic (exact) mass is 227 g/mol. The lowest BCUT2D eigenvalue weighted by molar-refractivity contribution is -0.154. The molecule has 1 aromatic heterocycles. The SMILES string of the molecule is CCOC(=O)C(=O)NCCc1noc(C)n1. The Balaban J connectivity index is 2.25. The third-order valence-corrected chi connectivity index (χ3v) is 1.66. The Kier molecular flexibility index (Phi) is 4.43. The standard InChI is InChI=1S/C9H13N3O4/c1-3-15-9(14)8(13)10-5-4-7-11-6(2)16-12-7/h3-5H2,1-2H3,(H,10,13). The van der Waals surface area contributed by atoms with Gasteiger partial charge >= 0.3 is 11.9 Å². The van der Waals surface area contributed by atoms with E-state index in [1.54, 1.807) is 13.8 Å². The van der Waals surface area contributed by atoms with E-state index in [-0.39, 0.29) is 13.2 Å². The average Bonchev–Trinajstić information content (AvgIpc) is 2.64. The molecule has 0 spiro atoms. The van der Waals surface area contributed by atoms with Crippen molar-refractivity contribution in [2.24, 2.45) is 0 Å². The second-order valence-electron chi connectivity index (χ2n) is 2.96. The lowest BCUT2D eigenvalue weighted by atomic mass is 10.4. The number of aromatic nitrogens is 2. The van der Waals surface area contributed by atoms with Crippen LogP contribution in [0.4, 0.5) is 0 Å². The molecule has 0 bridgehead atoms. The minimum absolute atomic E-state index is 0.177. The van der Waals surface area contributed by atoms with E-state index >= 15 is 0 Å². The Morgan fingerprint density at radius 2 is 2.25 bits per heavy atom. The Labute approximate surface area is 92.2 Å². The van der Waals surface area contributed by atoms with Crippen molar-refractivity contribution in [3.8, 4) is 0 Å². The molecule has 0 atom stereocenters. The predicted octanol–water partition coefficient (Wildman–Crippen LogP) is -0.400. The van der Waals surface area contributed by atoms with Crippen LogP contribution in [0.1, 0.15) is 18.6 Å². The van der Waals surface area contributed by atoms with Crippen LogP contribution in [0.3, 0.4) is 0 Å². The van der Waals surface area contributed by atoms with Crippen molar-refractivity contribution in [3.05, 3.63) is 11.7 Å². The van der Waals surface area contributed by atoms with Gasteiger partial charge in [-0.2, -0.15) is 4.98 Å². The number of esters is 1. The smallest absolute Gasteiger partial charge is 0.396 e. The normalized spacial score (nSPS) is 9.88. The molecule has 0 aliphatic heterocycles. The maximum absolute atomic E-state index is 11.1. The van der Waals surface area contributed by atoms with E-state index in [0.717, 1.165) is 0 Å². The summed E-state index contributed by atoms with van der Waals surface area (Å²) in [5.41, 5.74) is 0. The van der Waals surface area contributed by atoms with E-state index in [0.29, 0.717) is 18.1 Å². The third-order valence-electron chi connectivity index (χ3n) is 1.66. The molecule has 1 amide bonds. The van der Waals surface area contributed by atoms with Gasteiger partial charge in [0.05, 0.1) is 6.61 Å². The van der Waals surface area contributed by atoms with E-state index in [2.05, 4.69) is 20.2 Å². The molecule has 88 valence electrons. The molecule has 1 rings (SSSR count). The molecule has 0 saturated heterocycles. The zero-order valence-electron chi connectivity index (χ0n) is 9.15. The summed E-state index contributed by atoms with van der Waals surface area (Å²) in [5, 5.41) is 6.03. The number of hydrogen-bond donors (Lipinski definition) is 1. The summed E-state index contributed by atoms with van der Waals surface area (Å²) >= 11 is 0. The minimum Gasteiger partial charge on any atom is -0.459 e. The number of amides is 1. The summed E-state index contributed by atoms with van der Waals surface area (Å²) in [4.78, 5) is 25.9. The molecular weight excluding hydrogens is 214 g/mol. The molecule has 0 saturated carbocycles. The van der Waals surface area contributed by atoms with Crippen molar-refractivity contribution in [2.75, 3.05) is 13.2 Å². The Morgan fingerprint density at radius 3 is 2.81 bits per heavy atom. The van der Waals surface area contributed by atoms with Gasteiger partial charge < -0.3 is 14.6 Å². The summed E-state index contributed by atoms with van der Waals surface area (Å²) in [6, 6.07) is 0. The van der Waals surface area contributed by atoms with Crippen molar-refractivity contribution in [1.82, 2.24) is 15.5 Å². The molecule has 0 aliphatic carbocycles. The summed E-state index contributed by atoms with van der Waals surface area (Å²) in [5.74, 6) is -0.692. The van der Waals surface area contributed by atoms with Gasteiger partial charge in [-0.15, -0.1) is 0 Å². The van der Waals surface area contributed by atoms with Crippen molar-refractivity contribution in [1.29, 1.82) is 0 Å². The molecule has 0 unspecified atom stereocenters. The van der Waals surface area contributed by atoms with E-state index in [9.17, 15) is 9.59 Å². The Morgan fingerprint density at radius 1 is 1.50 bits per heavy atom. The molecule has 1 aromatic rings. The van der Waals surface area contributed by atoms with Gasteiger partial charge in [-0.3, -0.25) is 4.79 Å². The first-order chi connectivity index (χ1) is 7.63. The molecule has 0 radical (unpaired) electrons. The molecule has 7 nitrogen and oxygen atoms in total. The van der Waals surface area contributed by atoms with Crippen LogP contribution in [-0.2, 0) is 20.7 Å². The third kappa shape index (κ3) is 3.68. The molecular formula is C9H13N3O4. The quantitative estimate of drug-likeness (QED) is 0.555. The number of nitrogens with one attached hydrogen (secondary N) is 1. The van der Waals surface area contributed by atoms with Crippen LogP contribution >= 0.6 is 0 Å². The van der Waals surface area contributed by atoms with Crippen molar-refractivity contribution >= 4 is 11.9 Å². The zero-order chi connectivity index (χ0) is 12.0. The Bertz CT molecular complexity index is 375. The average molecular weight is 227 g/mol. The van der Waals surface area contributed by atoms with Crippen LogP contribution < -0.4 is 5.32 Å². The molecule has 7 heteroatoms. The highest BCUT2D eigenvalue weighted by molar-refractivity contribution is 6.32. The Hall–Kier alpha value is -1.92. The summed E-state index contributed by atoms with van der Waals surface area (Å²) in [6.45, 7) is 3.74. The van der Waals surface area contributed by atoms with Gasteiger partial charge in [-0.05, 0) is 6.92 Å². The van der Waals surface area contributed by atoms with E-state index in [4.69, 9.17) is 4.52 Å². The van der Waals surface area contributed by atoms with Gasteiger partial charge in [0.1, 0.15) is 0 Å². The number of hydrogen-bond acceptors (Lipinski definition) is 6. The zero-order valence-corrected chi connectivity index (χ0v) is 9.15. The summed E-state index contributed by atoms with van der Waals surface area (Å²) in [6.07, 6.45) is 0.405. The molecule has 0 fully saturated rings. The summed E-state index contributed by atoms with van der Waals surface area (Å²) < 4.78 is 9.25. The maximum Gasteiger partial charge on any atom is 0.396 e. The number of carbonyl (C=O) groups excluding carboxylic acids is 2. The van der Waals surface area contributed by atoms with Gasteiger partial charge in [0.25, 0.3) is 0 Å². The fourth-order valence-corrected chi connectivity index (χ4v) is 1.000. The second-order valence-corrected chi connectivity index (χ2v) is 2.96. The number of nitrogens with zero attached hydrogens (tertiary/aromatic N) is 2. The van der Waals surface area contributed by atoms with Crippen LogP contribution in [-0.4, -0.2) is 35.2 Å². The van der Waals surface area contributed by atoms with Crippen molar-refractivity contribution < 1.29 is 18.8 Å². The van der Waals surface area contributed by atoms with Gasteiger partial charge in [-0.1, -0.05) is 5.16 Å². The highest BCUT2D eigenvalue weighted by Gasteiger charge is 2.13. The largest absolute Gasteiger partial charge is 0.459 e. The molecule has 0 aliphatic rings. The number of carbonyl (C=O) groups is 2. The highest BCUT2D eigenvalue weighted by Crippen LogP contribution is 1.94. The van der Waals surface area contributed by atoms with Crippen LogP contribution in [0.2, 0.25) is 0 Å². The number of ether oxygens (including phenoxy) is 1. The van der Waals surface area contributed by atoms with Crippen LogP contribution in [0.25, 0.3) is 0 Å². The van der Waals surface area contributed by atoms with E-state index < -0.39 is 11.9 Å². The van der Waals surface area contributed by atoms with Crippen LogP contribution in [0.5, 0.6) is 0 Å². The predicted molar refractivity (Wildman–Crippen MR) is 52.4 cm³/mol.